The summed E-state index contributed by atoms with van der Waals surface area (Å²) in [6.45, 7) is 8.31. The van der Waals surface area contributed by atoms with Crippen LogP contribution in [0.1, 0.15) is 35.3 Å². The summed E-state index contributed by atoms with van der Waals surface area (Å²) in [7, 11) is 0. The predicted octanol–water partition coefficient (Wildman–Crippen LogP) is 1.62. The number of aromatic amines is 1. The molecular weight excluding hydrogens is 332 g/mol. The number of amides is 1. The molecular formula is C18H26N6O2. The number of nitrogens with zero attached hydrogens (tertiary/aromatic N) is 1. The van der Waals surface area contributed by atoms with Gasteiger partial charge in [0.05, 0.1) is 0 Å². The molecule has 8 heteroatoms. The molecule has 0 bridgehead atoms. The topological polar surface area (TPSA) is 139 Å². The van der Waals surface area contributed by atoms with Gasteiger partial charge in [-0.1, -0.05) is 19.9 Å². The third kappa shape index (κ3) is 4.60. The standard InChI is InChI=1S/C18H26N6O2/c1-9(2)13(8-19)22-18-23-16(14(15(20)25)17(26)24-18)21-12-6-10(3)5-11(4)7-12/h5-7,9,13H,8,19H2,1-4H3,(H2,20,25)(H3,21,22,23,24,26). The fourth-order valence-electron chi connectivity index (χ4n) is 2.72. The second-order valence-corrected chi connectivity index (χ2v) is 6.73. The molecule has 2 aromatic rings. The Labute approximate surface area is 152 Å². The van der Waals surface area contributed by atoms with Gasteiger partial charge < -0.3 is 22.1 Å². The van der Waals surface area contributed by atoms with Gasteiger partial charge in [-0.2, -0.15) is 4.98 Å². The first-order valence-electron chi connectivity index (χ1n) is 8.47. The molecule has 8 nitrogen and oxygen atoms in total. The summed E-state index contributed by atoms with van der Waals surface area (Å²) in [4.78, 5) is 31.0. The summed E-state index contributed by atoms with van der Waals surface area (Å²) in [6.07, 6.45) is 0. The maximum atomic E-state index is 12.4. The minimum Gasteiger partial charge on any atom is -0.365 e. The summed E-state index contributed by atoms with van der Waals surface area (Å²) in [5.74, 6) is -0.280. The number of benzene rings is 1. The van der Waals surface area contributed by atoms with Crippen molar-refractivity contribution in [3.63, 3.8) is 0 Å². The maximum absolute atomic E-state index is 12.4. The van der Waals surface area contributed by atoms with Crippen molar-refractivity contribution in [3.05, 3.63) is 45.2 Å². The average molecular weight is 358 g/mol. The lowest BCUT2D eigenvalue weighted by molar-refractivity contribution is 0.0999. The van der Waals surface area contributed by atoms with E-state index in [4.69, 9.17) is 11.5 Å². The van der Waals surface area contributed by atoms with Crippen molar-refractivity contribution in [2.45, 2.75) is 33.7 Å². The molecule has 140 valence electrons. The third-order valence-electron chi connectivity index (χ3n) is 4.03. The molecule has 26 heavy (non-hydrogen) atoms. The molecule has 1 unspecified atom stereocenters. The molecule has 0 aliphatic rings. The van der Waals surface area contributed by atoms with E-state index in [2.05, 4.69) is 20.6 Å². The van der Waals surface area contributed by atoms with Crippen LogP contribution in [0.4, 0.5) is 17.5 Å². The lowest BCUT2D eigenvalue weighted by Gasteiger charge is -2.21. The molecule has 0 spiro atoms. The van der Waals surface area contributed by atoms with Gasteiger partial charge in [-0.05, 0) is 43.0 Å². The fraction of sp³-hybridized carbons (Fsp3) is 0.389. The third-order valence-corrected chi connectivity index (χ3v) is 4.03. The van der Waals surface area contributed by atoms with Crippen LogP contribution in [0.15, 0.2) is 23.0 Å². The first kappa shape index (κ1) is 19.5. The van der Waals surface area contributed by atoms with Crippen LogP contribution in [0.5, 0.6) is 0 Å². The monoisotopic (exact) mass is 358 g/mol. The van der Waals surface area contributed by atoms with Gasteiger partial charge in [0.1, 0.15) is 5.56 Å². The van der Waals surface area contributed by atoms with Crippen molar-refractivity contribution < 1.29 is 4.79 Å². The van der Waals surface area contributed by atoms with Crippen molar-refractivity contribution in [1.82, 2.24) is 9.97 Å². The van der Waals surface area contributed by atoms with Gasteiger partial charge in [-0.15, -0.1) is 0 Å². The first-order valence-corrected chi connectivity index (χ1v) is 8.47. The van der Waals surface area contributed by atoms with E-state index in [1.165, 1.54) is 0 Å². The van der Waals surface area contributed by atoms with Gasteiger partial charge in [-0.25, -0.2) is 0 Å². The van der Waals surface area contributed by atoms with Crippen molar-refractivity contribution in [3.8, 4) is 0 Å². The largest absolute Gasteiger partial charge is 0.365 e. The van der Waals surface area contributed by atoms with E-state index in [-0.39, 0.29) is 29.3 Å². The number of nitrogens with two attached hydrogens (primary N) is 2. The van der Waals surface area contributed by atoms with Gasteiger partial charge >= 0.3 is 0 Å². The molecule has 1 atom stereocenters. The van der Waals surface area contributed by atoms with E-state index in [0.29, 0.717) is 12.2 Å². The lowest BCUT2D eigenvalue weighted by atomic mass is 10.1. The summed E-state index contributed by atoms with van der Waals surface area (Å²) in [5, 5.41) is 6.13. The summed E-state index contributed by atoms with van der Waals surface area (Å²) in [5.41, 5.74) is 13.1. The lowest BCUT2D eigenvalue weighted by Crippen LogP contribution is -2.36. The minimum atomic E-state index is -0.851. The number of aromatic nitrogens is 2. The minimum absolute atomic E-state index is 0.0772. The van der Waals surface area contributed by atoms with E-state index in [0.717, 1.165) is 11.1 Å². The van der Waals surface area contributed by atoms with Crippen LogP contribution in [0.3, 0.4) is 0 Å². The highest BCUT2D eigenvalue weighted by molar-refractivity contribution is 5.98. The number of hydrogen-bond acceptors (Lipinski definition) is 6. The number of carbonyl (C=O) groups excluding carboxylic acids is 1. The summed E-state index contributed by atoms with van der Waals surface area (Å²) >= 11 is 0. The summed E-state index contributed by atoms with van der Waals surface area (Å²) < 4.78 is 0. The highest BCUT2D eigenvalue weighted by Crippen LogP contribution is 2.21. The first-order chi connectivity index (χ1) is 12.2. The van der Waals surface area contributed by atoms with Crippen molar-refractivity contribution in [2.24, 2.45) is 17.4 Å². The van der Waals surface area contributed by atoms with Crippen LogP contribution >= 0.6 is 0 Å². The molecule has 1 aromatic heterocycles. The van der Waals surface area contributed by atoms with Crippen LogP contribution in [0.2, 0.25) is 0 Å². The smallest absolute Gasteiger partial charge is 0.267 e. The molecule has 2 rings (SSSR count). The summed E-state index contributed by atoms with van der Waals surface area (Å²) in [6, 6.07) is 5.73. The Balaban J connectivity index is 2.47. The number of hydrogen-bond donors (Lipinski definition) is 5. The normalized spacial score (nSPS) is 12.1. The number of anilines is 3. The molecule has 7 N–H and O–H groups in total. The zero-order chi connectivity index (χ0) is 19.4. The Morgan fingerprint density at radius 2 is 1.85 bits per heavy atom. The van der Waals surface area contributed by atoms with Crippen LogP contribution in [0.25, 0.3) is 0 Å². The molecule has 0 radical (unpaired) electrons. The van der Waals surface area contributed by atoms with E-state index in [1.54, 1.807) is 0 Å². The number of primary amides is 1. The molecule has 1 amide bonds. The highest BCUT2D eigenvalue weighted by Gasteiger charge is 2.19. The molecule has 0 fully saturated rings. The Kier molecular flexibility index (Phi) is 5.99. The number of rotatable bonds is 7. The number of carbonyl (C=O) groups is 1. The van der Waals surface area contributed by atoms with Crippen LogP contribution < -0.4 is 27.7 Å². The molecule has 1 heterocycles. The molecule has 0 saturated carbocycles. The van der Waals surface area contributed by atoms with Crippen molar-refractivity contribution >= 4 is 23.4 Å². The van der Waals surface area contributed by atoms with Crippen LogP contribution in [-0.2, 0) is 0 Å². The maximum Gasteiger partial charge on any atom is 0.267 e. The fourth-order valence-corrected chi connectivity index (χ4v) is 2.72. The van der Waals surface area contributed by atoms with Gasteiger partial charge in [0.2, 0.25) is 5.95 Å². The van der Waals surface area contributed by atoms with Crippen molar-refractivity contribution in [1.29, 1.82) is 0 Å². The molecule has 0 aliphatic heterocycles. The number of H-pyrrole nitrogens is 1. The van der Waals surface area contributed by atoms with E-state index in [1.807, 2.05) is 45.9 Å². The average Bonchev–Trinajstić information content (AvgIpc) is 2.50. The molecule has 0 aliphatic carbocycles. The van der Waals surface area contributed by atoms with Crippen molar-refractivity contribution in [2.75, 3.05) is 17.2 Å². The molecule has 0 saturated heterocycles. The van der Waals surface area contributed by atoms with Crippen LogP contribution in [0, 0.1) is 19.8 Å². The molecule has 1 aromatic carbocycles. The quantitative estimate of drug-likeness (QED) is 0.510. The highest BCUT2D eigenvalue weighted by atomic mass is 16.2. The number of nitrogens with one attached hydrogen (secondary N) is 3. The van der Waals surface area contributed by atoms with Gasteiger partial charge in [-0.3, -0.25) is 14.6 Å². The second kappa shape index (κ2) is 8.01. The second-order valence-electron chi connectivity index (χ2n) is 6.73. The van der Waals surface area contributed by atoms with Gasteiger partial charge in [0, 0.05) is 18.3 Å². The Bertz CT molecular complexity index is 839. The number of aryl methyl sites for hydroxylation is 2. The Hall–Kier alpha value is -2.87. The van der Waals surface area contributed by atoms with E-state index >= 15 is 0 Å². The van der Waals surface area contributed by atoms with Gasteiger partial charge in [0.15, 0.2) is 5.82 Å². The predicted molar refractivity (Wildman–Crippen MR) is 104 cm³/mol. The van der Waals surface area contributed by atoms with Gasteiger partial charge in [0.25, 0.3) is 11.5 Å². The van der Waals surface area contributed by atoms with Crippen LogP contribution in [-0.4, -0.2) is 28.5 Å². The zero-order valence-corrected chi connectivity index (χ0v) is 15.5. The zero-order valence-electron chi connectivity index (χ0n) is 15.5. The SMILES string of the molecule is Cc1cc(C)cc(Nc2nc(NC(CN)C(C)C)[nH]c(=O)c2C(N)=O)c1. The van der Waals surface area contributed by atoms with E-state index < -0.39 is 11.5 Å². The van der Waals surface area contributed by atoms with E-state index in [9.17, 15) is 9.59 Å². The Morgan fingerprint density at radius 3 is 2.35 bits per heavy atom. The Morgan fingerprint density at radius 1 is 1.23 bits per heavy atom.